The number of hydrogen-bond donors (Lipinski definition) is 3. The first kappa shape index (κ1) is 29.7. The van der Waals surface area contributed by atoms with Crippen LogP contribution in [-0.2, 0) is 10.0 Å². The topological polar surface area (TPSA) is 94.0 Å². The molecule has 3 N–H and O–H groups in total. The maximum Gasteiger partial charge on any atom is 0.511 e. The number of halogens is 4. The number of aliphatic hydroxyl groups excluding tert-OH is 1. The molecular weight excluding hydrogens is 536 g/mol. The van der Waals surface area contributed by atoms with E-state index in [4.69, 9.17) is 0 Å². The maximum atomic E-state index is 12.7. The predicted molar refractivity (Wildman–Crippen MR) is 123 cm³/mol. The van der Waals surface area contributed by atoms with E-state index in [2.05, 4.69) is 29.5 Å². The van der Waals surface area contributed by atoms with Gasteiger partial charge in [0.1, 0.15) is 0 Å². The Balaban J connectivity index is 0.00000841. The minimum atomic E-state index is -5.25. The third kappa shape index (κ3) is 8.30. The summed E-state index contributed by atoms with van der Waals surface area (Å²) in [7, 11) is -5.24. The summed E-state index contributed by atoms with van der Waals surface area (Å²) in [6, 6.07) is 0. The molecule has 30 heavy (non-hydrogen) atoms. The van der Waals surface area contributed by atoms with Crippen molar-refractivity contribution in [2.75, 3.05) is 39.3 Å². The molecule has 1 heterocycles. The first-order chi connectivity index (χ1) is 13.5. The van der Waals surface area contributed by atoms with Crippen LogP contribution >= 0.6 is 24.0 Å². The Morgan fingerprint density at radius 2 is 1.70 bits per heavy atom. The van der Waals surface area contributed by atoms with Gasteiger partial charge in [-0.2, -0.15) is 17.5 Å². The van der Waals surface area contributed by atoms with Crippen molar-refractivity contribution < 1.29 is 26.7 Å². The quantitative estimate of drug-likeness (QED) is 0.213. The minimum absolute atomic E-state index is 0. The van der Waals surface area contributed by atoms with Crippen LogP contribution in [0.2, 0.25) is 0 Å². The van der Waals surface area contributed by atoms with Gasteiger partial charge in [0.05, 0.1) is 0 Å². The summed E-state index contributed by atoms with van der Waals surface area (Å²) in [6.45, 7) is 7.70. The van der Waals surface area contributed by atoms with Crippen molar-refractivity contribution in [2.24, 2.45) is 16.3 Å². The zero-order valence-corrected chi connectivity index (χ0v) is 21.1. The number of aliphatic hydroxyl groups is 1. The van der Waals surface area contributed by atoms with E-state index in [0.29, 0.717) is 49.2 Å². The highest BCUT2D eigenvalue weighted by atomic mass is 127. The molecule has 1 saturated heterocycles. The molecule has 0 bridgehead atoms. The first-order valence-corrected chi connectivity index (χ1v) is 11.7. The van der Waals surface area contributed by atoms with Gasteiger partial charge >= 0.3 is 15.5 Å². The van der Waals surface area contributed by atoms with Gasteiger partial charge in [0.2, 0.25) is 0 Å². The number of alkyl halides is 3. The second-order valence-corrected chi connectivity index (χ2v) is 9.48. The Morgan fingerprint density at radius 3 is 2.13 bits per heavy atom. The van der Waals surface area contributed by atoms with Crippen LogP contribution in [0.5, 0.6) is 0 Å². The highest BCUT2D eigenvalue weighted by molar-refractivity contribution is 14.0. The molecule has 0 aromatic heterocycles. The molecule has 7 nitrogen and oxygen atoms in total. The summed E-state index contributed by atoms with van der Waals surface area (Å²) in [6.07, 6.45) is 3.20. The Kier molecular flexibility index (Phi) is 13.1. The zero-order valence-electron chi connectivity index (χ0n) is 18.0. The van der Waals surface area contributed by atoms with Crippen LogP contribution in [0.15, 0.2) is 4.99 Å². The number of aliphatic imine (C=N–C) groups is 1. The molecule has 0 amide bonds. The van der Waals surface area contributed by atoms with Crippen molar-refractivity contribution in [3.63, 3.8) is 0 Å². The summed E-state index contributed by atoms with van der Waals surface area (Å²) in [5.74, 6) is 0.695. The maximum absolute atomic E-state index is 12.7. The number of sulfonamides is 1. The highest BCUT2D eigenvalue weighted by Gasteiger charge is 2.50. The minimum Gasteiger partial charge on any atom is -0.396 e. The van der Waals surface area contributed by atoms with Crippen molar-refractivity contribution in [2.45, 2.75) is 58.4 Å². The summed E-state index contributed by atoms with van der Waals surface area (Å²) in [4.78, 5) is 4.65. The molecule has 1 fully saturated rings. The van der Waals surface area contributed by atoms with Gasteiger partial charge in [0.25, 0.3) is 0 Å². The van der Waals surface area contributed by atoms with Gasteiger partial charge in [-0.3, -0.25) is 4.99 Å². The molecule has 0 atom stereocenters. The van der Waals surface area contributed by atoms with Crippen molar-refractivity contribution in [1.29, 1.82) is 0 Å². The third-order valence-electron chi connectivity index (χ3n) is 5.82. The van der Waals surface area contributed by atoms with E-state index in [-0.39, 0.29) is 55.0 Å². The molecule has 0 aromatic rings. The molecule has 0 spiro atoms. The van der Waals surface area contributed by atoms with Crippen LogP contribution in [0.4, 0.5) is 13.2 Å². The fourth-order valence-corrected chi connectivity index (χ4v) is 4.46. The summed E-state index contributed by atoms with van der Waals surface area (Å²) in [5.41, 5.74) is -5.31. The van der Waals surface area contributed by atoms with E-state index in [1.54, 1.807) is 0 Å². The SMILES string of the molecule is CCNC(=NCC(CC)(CC)CCO)NCC1CCN(S(=O)(=O)C(F)(F)F)CC1.I. The second-order valence-electron chi connectivity index (χ2n) is 7.55. The molecule has 1 aliphatic rings. The molecule has 12 heteroatoms. The molecule has 0 radical (unpaired) electrons. The fourth-order valence-electron chi connectivity index (χ4n) is 3.47. The number of nitrogens with one attached hydrogen (secondary N) is 2. The number of rotatable bonds is 10. The van der Waals surface area contributed by atoms with Gasteiger partial charge in [-0.25, -0.2) is 8.42 Å². The number of nitrogens with zero attached hydrogens (tertiary/aromatic N) is 2. The molecule has 1 rings (SSSR count). The number of hydrogen-bond acceptors (Lipinski definition) is 4. The van der Waals surface area contributed by atoms with Gasteiger partial charge in [0, 0.05) is 39.3 Å². The van der Waals surface area contributed by atoms with Crippen molar-refractivity contribution in [3.05, 3.63) is 0 Å². The number of piperidine rings is 1. The highest BCUT2D eigenvalue weighted by Crippen LogP contribution is 2.31. The first-order valence-electron chi connectivity index (χ1n) is 10.2. The molecular formula is C18H36F3IN4O3S. The van der Waals surface area contributed by atoms with Gasteiger partial charge in [-0.15, -0.1) is 24.0 Å². The van der Waals surface area contributed by atoms with Gasteiger partial charge in [-0.1, -0.05) is 13.8 Å². The third-order valence-corrected chi connectivity index (χ3v) is 7.45. The average molecular weight is 572 g/mol. The lowest BCUT2D eigenvalue weighted by Crippen LogP contribution is -2.47. The van der Waals surface area contributed by atoms with E-state index in [0.717, 1.165) is 12.8 Å². The molecule has 1 aliphatic heterocycles. The smallest absolute Gasteiger partial charge is 0.396 e. The standard InChI is InChI=1S/C18H35F3N4O3S.HI/c1-4-17(5-2,9-12-26)14-24-16(22-6-3)23-13-15-7-10-25(11-8-15)29(27,28)18(19,20)21;/h15,26H,4-14H2,1-3H3,(H2,22,23,24);1H. The van der Waals surface area contributed by atoms with E-state index in [9.17, 15) is 26.7 Å². The Labute approximate surface area is 195 Å². The second kappa shape index (κ2) is 13.3. The van der Waals surface area contributed by atoms with Gasteiger partial charge in [0.15, 0.2) is 5.96 Å². The monoisotopic (exact) mass is 572 g/mol. The largest absolute Gasteiger partial charge is 0.511 e. The Bertz CT molecular complexity index is 621. The molecule has 180 valence electrons. The van der Waals surface area contributed by atoms with Crippen LogP contribution in [-0.4, -0.2) is 68.6 Å². The Morgan fingerprint density at radius 1 is 1.13 bits per heavy atom. The predicted octanol–water partition coefficient (Wildman–Crippen LogP) is 2.91. The average Bonchev–Trinajstić information content (AvgIpc) is 2.68. The van der Waals surface area contributed by atoms with Crippen LogP contribution in [0, 0.1) is 11.3 Å². The van der Waals surface area contributed by atoms with Crippen LogP contribution in [0.1, 0.15) is 52.9 Å². The summed E-state index contributed by atoms with van der Waals surface area (Å²) < 4.78 is 61.5. The van der Waals surface area contributed by atoms with Gasteiger partial charge < -0.3 is 15.7 Å². The van der Waals surface area contributed by atoms with Gasteiger partial charge in [-0.05, 0) is 50.4 Å². The summed E-state index contributed by atoms with van der Waals surface area (Å²) in [5, 5.41) is 15.7. The van der Waals surface area contributed by atoms with Crippen molar-refractivity contribution in [1.82, 2.24) is 14.9 Å². The molecule has 0 unspecified atom stereocenters. The van der Waals surface area contributed by atoms with E-state index in [1.807, 2.05) is 6.92 Å². The Hall–Kier alpha value is -0.340. The van der Waals surface area contributed by atoms with E-state index >= 15 is 0 Å². The lowest BCUT2D eigenvalue weighted by Gasteiger charge is -2.32. The number of guanidine groups is 1. The molecule has 0 saturated carbocycles. The van der Waals surface area contributed by atoms with Crippen LogP contribution in [0.3, 0.4) is 0 Å². The fraction of sp³-hybridized carbons (Fsp3) is 0.944. The van der Waals surface area contributed by atoms with Crippen molar-refractivity contribution >= 4 is 40.0 Å². The normalized spacial score (nSPS) is 17.5. The van der Waals surface area contributed by atoms with Crippen LogP contribution < -0.4 is 10.6 Å². The van der Waals surface area contributed by atoms with Crippen LogP contribution in [0.25, 0.3) is 0 Å². The lowest BCUT2D eigenvalue weighted by atomic mass is 9.79. The molecule has 0 aromatic carbocycles. The van der Waals surface area contributed by atoms with E-state index < -0.39 is 15.5 Å². The summed E-state index contributed by atoms with van der Waals surface area (Å²) >= 11 is 0. The van der Waals surface area contributed by atoms with Crippen molar-refractivity contribution in [3.8, 4) is 0 Å². The molecule has 0 aliphatic carbocycles. The lowest BCUT2D eigenvalue weighted by molar-refractivity contribution is -0.0496. The van der Waals surface area contributed by atoms with E-state index in [1.165, 1.54) is 0 Å². The zero-order chi connectivity index (χ0) is 22.1.